The van der Waals surface area contributed by atoms with Gasteiger partial charge in [-0.2, -0.15) is 8.78 Å². The number of unbranched alkanes of at least 4 members (excludes halogenated alkanes) is 1. The van der Waals surface area contributed by atoms with Gasteiger partial charge in [0, 0.05) is 18.7 Å². The molecule has 0 aromatic heterocycles. The van der Waals surface area contributed by atoms with Gasteiger partial charge >= 0.3 is 6.61 Å². The Bertz CT molecular complexity index is 439. The summed E-state index contributed by atoms with van der Waals surface area (Å²) in [7, 11) is 0. The van der Waals surface area contributed by atoms with Crippen LogP contribution < -0.4 is 15.4 Å². The van der Waals surface area contributed by atoms with Gasteiger partial charge in [-0.25, -0.2) is 4.99 Å². The van der Waals surface area contributed by atoms with Crippen molar-refractivity contribution in [2.45, 2.75) is 39.8 Å². The Balaban J connectivity index is 2.70. The van der Waals surface area contributed by atoms with Crippen LogP contribution in [0.5, 0.6) is 5.75 Å². The quantitative estimate of drug-likeness (QED) is 0.440. The van der Waals surface area contributed by atoms with E-state index in [1.165, 1.54) is 6.07 Å². The molecule has 4 nitrogen and oxygen atoms in total. The van der Waals surface area contributed by atoms with Crippen LogP contribution in [0.1, 0.15) is 32.3 Å². The molecule has 6 heteroatoms. The zero-order chi connectivity index (χ0) is 15.5. The number of hydrogen-bond donors (Lipinski definition) is 2. The number of nitrogens with zero attached hydrogens (tertiary/aromatic N) is 1. The third-order valence-corrected chi connectivity index (χ3v) is 2.76. The lowest BCUT2D eigenvalue weighted by atomic mass is 10.2. The Kier molecular flexibility index (Phi) is 8.16. The van der Waals surface area contributed by atoms with Crippen molar-refractivity contribution in [3.63, 3.8) is 0 Å². The number of aliphatic imine (C=N–C) groups is 1. The van der Waals surface area contributed by atoms with Crippen molar-refractivity contribution in [3.8, 4) is 5.75 Å². The predicted octanol–water partition coefficient (Wildman–Crippen LogP) is 3.14. The van der Waals surface area contributed by atoms with Crippen molar-refractivity contribution in [1.29, 1.82) is 0 Å². The second kappa shape index (κ2) is 9.96. The van der Waals surface area contributed by atoms with Crippen LogP contribution in [0.25, 0.3) is 0 Å². The lowest BCUT2D eigenvalue weighted by Crippen LogP contribution is -2.37. The fourth-order valence-corrected chi connectivity index (χ4v) is 1.73. The first-order valence-corrected chi connectivity index (χ1v) is 7.22. The lowest BCUT2D eigenvalue weighted by molar-refractivity contribution is -0.0504. The average Bonchev–Trinajstić information content (AvgIpc) is 2.45. The maximum atomic E-state index is 12.3. The molecule has 0 aliphatic heterocycles. The highest BCUT2D eigenvalue weighted by atomic mass is 19.3. The van der Waals surface area contributed by atoms with Gasteiger partial charge in [-0.1, -0.05) is 31.5 Å². The van der Waals surface area contributed by atoms with Gasteiger partial charge in [0.05, 0.1) is 6.54 Å². The van der Waals surface area contributed by atoms with Gasteiger partial charge in [-0.05, 0) is 19.4 Å². The van der Waals surface area contributed by atoms with Gasteiger partial charge < -0.3 is 15.4 Å². The summed E-state index contributed by atoms with van der Waals surface area (Å²) >= 11 is 0. The van der Waals surface area contributed by atoms with E-state index in [1.54, 1.807) is 18.2 Å². The molecular formula is C15H23F2N3O. The average molecular weight is 299 g/mol. The van der Waals surface area contributed by atoms with Crippen molar-refractivity contribution in [3.05, 3.63) is 29.8 Å². The lowest BCUT2D eigenvalue weighted by Gasteiger charge is -2.12. The van der Waals surface area contributed by atoms with Crippen LogP contribution in [0.4, 0.5) is 8.78 Å². The number of para-hydroxylation sites is 1. The number of rotatable bonds is 8. The smallest absolute Gasteiger partial charge is 0.387 e. The molecule has 1 aromatic carbocycles. The van der Waals surface area contributed by atoms with Crippen molar-refractivity contribution in [2.24, 2.45) is 4.99 Å². The maximum Gasteiger partial charge on any atom is 0.387 e. The molecule has 0 amide bonds. The second-order valence-corrected chi connectivity index (χ2v) is 4.46. The van der Waals surface area contributed by atoms with E-state index in [0.29, 0.717) is 11.5 Å². The highest BCUT2D eigenvalue weighted by molar-refractivity contribution is 5.79. The van der Waals surface area contributed by atoms with E-state index in [0.717, 1.165) is 25.9 Å². The first-order chi connectivity index (χ1) is 10.2. The minimum atomic E-state index is -2.83. The minimum Gasteiger partial charge on any atom is -0.434 e. The topological polar surface area (TPSA) is 45.7 Å². The molecule has 0 saturated carbocycles. The third kappa shape index (κ3) is 6.92. The van der Waals surface area contributed by atoms with E-state index >= 15 is 0 Å². The summed E-state index contributed by atoms with van der Waals surface area (Å²) in [5.74, 6) is 0.846. The Labute approximate surface area is 124 Å². The molecule has 0 heterocycles. The molecule has 1 rings (SSSR count). The van der Waals surface area contributed by atoms with Crippen molar-refractivity contribution in [1.82, 2.24) is 10.6 Å². The van der Waals surface area contributed by atoms with Crippen LogP contribution in [0.2, 0.25) is 0 Å². The Morgan fingerprint density at radius 2 is 2.00 bits per heavy atom. The number of hydrogen-bond acceptors (Lipinski definition) is 2. The fraction of sp³-hybridized carbons (Fsp3) is 0.533. The van der Waals surface area contributed by atoms with E-state index in [-0.39, 0.29) is 12.3 Å². The highest BCUT2D eigenvalue weighted by Crippen LogP contribution is 2.20. The van der Waals surface area contributed by atoms with Gasteiger partial charge in [0.1, 0.15) is 5.75 Å². The summed E-state index contributed by atoms with van der Waals surface area (Å²) in [5.41, 5.74) is 0.630. The van der Waals surface area contributed by atoms with Crippen LogP contribution in [0, 0.1) is 0 Å². The molecule has 0 aliphatic carbocycles. The molecule has 1 aromatic rings. The Morgan fingerprint density at radius 3 is 2.67 bits per heavy atom. The summed E-state index contributed by atoms with van der Waals surface area (Å²) in [4.78, 5) is 4.39. The zero-order valence-electron chi connectivity index (χ0n) is 12.5. The first-order valence-electron chi connectivity index (χ1n) is 7.22. The predicted molar refractivity (Wildman–Crippen MR) is 80.8 cm³/mol. The van der Waals surface area contributed by atoms with E-state index < -0.39 is 6.61 Å². The normalized spacial score (nSPS) is 11.6. The number of nitrogens with one attached hydrogen (secondary N) is 2. The van der Waals surface area contributed by atoms with Crippen LogP contribution >= 0.6 is 0 Å². The molecule has 2 N–H and O–H groups in total. The van der Waals surface area contributed by atoms with E-state index in [9.17, 15) is 8.78 Å². The van der Waals surface area contributed by atoms with Gasteiger partial charge in [0.25, 0.3) is 0 Å². The van der Waals surface area contributed by atoms with Gasteiger partial charge in [0.15, 0.2) is 5.96 Å². The minimum absolute atomic E-state index is 0.167. The molecule has 0 fully saturated rings. The number of alkyl halides is 2. The number of guanidine groups is 1. The summed E-state index contributed by atoms with van der Waals surface area (Å²) in [6, 6.07) is 6.70. The number of halogens is 2. The van der Waals surface area contributed by atoms with Crippen molar-refractivity contribution < 1.29 is 13.5 Å². The largest absolute Gasteiger partial charge is 0.434 e. The molecule has 0 unspecified atom stereocenters. The zero-order valence-corrected chi connectivity index (χ0v) is 12.5. The summed E-state index contributed by atoms with van der Waals surface area (Å²) in [6.45, 7) is 3.12. The number of ether oxygens (including phenoxy) is 1. The summed E-state index contributed by atoms with van der Waals surface area (Å²) in [5, 5.41) is 6.32. The van der Waals surface area contributed by atoms with E-state index in [2.05, 4.69) is 27.3 Å². The third-order valence-electron chi connectivity index (χ3n) is 2.76. The highest BCUT2D eigenvalue weighted by Gasteiger charge is 2.08. The summed E-state index contributed by atoms with van der Waals surface area (Å²) in [6.07, 6.45) is 2.15. The van der Waals surface area contributed by atoms with Gasteiger partial charge in [0.2, 0.25) is 0 Å². The molecular weight excluding hydrogens is 276 g/mol. The van der Waals surface area contributed by atoms with E-state index in [4.69, 9.17) is 0 Å². The SMILES string of the molecule is CCCCNC(=NCc1ccccc1OC(F)F)NCC. The number of benzene rings is 1. The van der Waals surface area contributed by atoms with Crippen LogP contribution in [0.3, 0.4) is 0 Å². The Morgan fingerprint density at radius 1 is 1.24 bits per heavy atom. The van der Waals surface area contributed by atoms with E-state index in [1.807, 2.05) is 6.92 Å². The maximum absolute atomic E-state index is 12.3. The fourth-order valence-electron chi connectivity index (χ4n) is 1.73. The molecule has 0 saturated heterocycles. The van der Waals surface area contributed by atoms with Crippen LogP contribution in [-0.2, 0) is 6.54 Å². The van der Waals surface area contributed by atoms with Crippen molar-refractivity contribution in [2.75, 3.05) is 13.1 Å². The van der Waals surface area contributed by atoms with Gasteiger partial charge in [-0.3, -0.25) is 0 Å². The van der Waals surface area contributed by atoms with Gasteiger partial charge in [-0.15, -0.1) is 0 Å². The van der Waals surface area contributed by atoms with Crippen LogP contribution in [-0.4, -0.2) is 25.7 Å². The molecule has 0 spiro atoms. The summed E-state index contributed by atoms with van der Waals surface area (Å²) < 4.78 is 29.2. The molecule has 0 atom stereocenters. The molecule has 21 heavy (non-hydrogen) atoms. The Hall–Kier alpha value is -1.85. The second-order valence-electron chi connectivity index (χ2n) is 4.46. The van der Waals surface area contributed by atoms with Crippen LogP contribution in [0.15, 0.2) is 29.3 Å². The molecule has 0 bridgehead atoms. The standard InChI is InChI=1S/C15H23F2N3O/c1-3-5-10-19-15(18-4-2)20-11-12-8-6-7-9-13(12)21-14(16)17/h6-9,14H,3-5,10-11H2,1-2H3,(H2,18,19,20). The monoisotopic (exact) mass is 299 g/mol. The molecule has 118 valence electrons. The molecule has 0 radical (unpaired) electrons. The van der Waals surface area contributed by atoms with Crippen molar-refractivity contribution >= 4 is 5.96 Å². The first kappa shape index (κ1) is 17.2. The molecule has 0 aliphatic rings.